The Bertz CT molecular complexity index is 1240. The average Bonchev–Trinajstić information content (AvgIpc) is 3.52. The number of nitrogens with zero attached hydrogens (tertiary/aromatic N) is 6. The maximum atomic E-state index is 13.7. The number of hydrogen-bond acceptors (Lipinski definition) is 6. The average molecular weight is 445 g/mol. The normalized spacial score (nSPS) is 19.3. The molecule has 0 spiro atoms. The smallest absolute Gasteiger partial charge is 0.226 e. The molecule has 0 N–H and O–H groups in total. The van der Waals surface area contributed by atoms with Crippen LogP contribution in [0.15, 0.2) is 60.2 Å². The summed E-state index contributed by atoms with van der Waals surface area (Å²) in [7, 11) is 0. The predicted octanol–water partition coefficient (Wildman–Crippen LogP) is 3.58. The van der Waals surface area contributed by atoms with Crippen molar-refractivity contribution in [2.45, 2.75) is 25.3 Å². The predicted molar refractivity (Wildman–Crippen MR) is 124 cm³/mol. The SMILES string of the molecule is O=C(C1CCN(c2ccc3nncn3n2)CC1)N1CCc2sccc2C1c1ccccc1. The summed E-state index contributed by atoms with van der Waals surface area (Å²) in [6.45, 7) is 2.44. The monoisotopic (exact) mass is 444 g/mol. The van der Waals surface area contributed by atoms with Gasteiger partial charge in [0.05, 0.1) is 6.04 Å². The van der Waals surface area contributed by atoms with Crippen molar-refractivity contribution < 1.29 is 4.79 Å². The molecular formula is C24H24N6OS. The number of piperidine rings is 1. The second kappa shape index (κ2) is 8.02. The molecule has 0 radical (unpaired) electrons. The van der Waals surface area contributed by atoms with E-state index >= 15 is 0 Å². The highest BCUT2D eigenvalue weighted by molar-refractivity contribution is 7.10. The van der Waals surface area contributed by atoms with E-state index in [0.29, 0.717) is 0 Å². The Balaban J connectivity index is 1.20. The van der Waals surface area contributed by atoms with Crippen molar-refractivity contribution in [2.24, 2.45) is 5.92 Å². The van der Waals surface area contributed by atoms with Gasteiger partial charge in [0.15, 0.2) is 5.65 Å². The zero-order chi connectivity index (χ0) is 21.5. The largest absolute Gasteiger partial charge is 0.355 e. The molecule has 0 saturated carbocycles. The first-order valence-electron chi connectivity index (χ1n) is 11.1. The zero-order valence-electron chi connectivity index (χ0n) is 17.7. The number of benzene rings is 1. The van der Waals surface area contributed by atoms with Crippen molar-refractivity contribution in [3.8, 4) is 0 Å². The van der Waals surface area contributed by atoms with Crippen LogP contribution in [0.4, 0.5) is 5.82 Å². The van der Waals surface area contributed by atoms with Crippen molar-refractivity contribution >= 4 is 28.7 Å². The van der Waals surface area contributed by atoms with Crippen molar-refractivity contribution in [1.82, 2.24) is 24.7 Å². The van der Waals surface area contributed by atoms with Crippen molar-refractivity contribution in [3.05, 3.63) is 76.2 Å². The Morgan fingerprint density at radius 1 is 1.00 bits per heavy atom. The first kappa shape index (κ1) is 19.4. The van der Waals surface area contributed by atoms with Crippen LogP contribution in [0.5, 0.6) is 0 Å². The Hall–Kier alpha value is -3.26. The van der Waals surface area contributed by atoms with Gasteiger partial charge in [-0.15, -0.1) is 26.6 Å². The molecule has 32 heavy (non-hydrogen) atoms. The molecular weight excluding hydrogens is 420 g/mol. The first-order valence-corrected chi connectivity index (χ1v) is 12.0. The van der Waals surface area contributed by atoms with Gasteiger partial charge in [-0.2, -0.15) is 4.52 Å². The Kier molecular flexibility index (Phi) is 4.87. The fourth-order valence-electron chi connectivity index (χ4n) is 5.03. The van der Waals surface area contributed by atoms with Crippen LogP contribution in [0.1, 0.15) is 34.9 Å². The highest BCUT2D eigenvalue weighted by atomic mass is 32.1. The molecule has 1 unspecified atom stereocenters. The van der Waals surface area contributed by atoms with Crippen molar-refractivity contribution in [3.63, 3.8) is 0 Å². The molecule has 2 aliphatic rings. The van der Waals surface area contributed by atoms with E-state index in [1.807, 2.05) is 29.5 Å². The molecule has 1 amide bonds. The maximum Gasteiger partial charge on any atom is 0.226 e. The van der Waals surface area contributed by atoms with Gasteiger partial charge in [-0.3, -0.25) is 4.79 Å². The van der Waals surface area contributed by atoms with Crippen LogP contribution in [0.3, 0.4) is 0 Å². The van der Waals surface area contributed by atoms with Gasteiger partial charge < -0.3 is 9.80 Å². The van der Waals surface area contributed by atoms with Crippen LogP contribution < -0.4 is 4.90 Å². The highest BCUT2D eigenvalue weighted by Crippen LogP contribution is 2.39. The van der Waals surface area contributed by atoms with E-state index in [1.165, 1.54) is 16.0 Å². The molecule has 8 heteroatoms. The highest BCUT2D eigenvalue weighted by Gasteiger charge is 2.37. The number of amides is 1. The summed E-state index contributed by atoms with van der Waals surface area (Å²) in [5, 5.41) is 14.7. The standard InChI is InChI=1S/C24H24N6OS/c31-24(18-8-12-28(13-9-18)22-7-6-21-26-25-16-30(21)27-22)29-14-10-20-19(11-15-32-20)23(29)17-4-2-1-3-5-17/h1-7,11,15-16,18,23H,8-10,12-14H2. The van der Waals surface area contributed by atoms with Crippen LogP contribution in [-0.2, 0) is 11.2 Å². The molecule has 6 rings (SSSR count). The third-order valence-corrected chi connectivity index (χ3v) is 7.68. The number of thiophene rings is 1. The molecule has 2 aliphatic heterocycles. The number of carbonyl (C=O) groups excluding carboxylic acids is 1. The van der Waals surface area contributed by atoms with E-state index in [4.69, 9.17) is 0 Å². The third kappa shape index (κ3) is 3.35. The van der Waals surface area contributed by atoms with E-state index < -0.39 is 0 Å². The van der Waals surface area contributed by atoms with Crippen LogP contribution in [0, 0.1) is 5.92 Å². The molecule has 1 fully saturated rings. The minimum absolute atomic E-state index is 0.0227. The summed E-state index contributed by atoms with van der Waals surface area (Å²) in [6, 6.07) is 16.6. The Morgan fingerprint density at radius 3 is 2.69 bits per heavy atom. The Morgan fingerprint density at radius 2 is 1.84 bits per heavy atom. The first-order chi connectivity index (χ1) is 15.8. The number of rotatable bonds is 3. The fourth-order valence-corrected chi connectivity index (χ4v) is 5.93. The quantitative estimate of drug-likeness (QED) is 0.483. The van der Waals surface area contributed by atoms with Gasteiger partial charge >= 0.3 is 0 Å². The summed E-state index contributed by atoms with van der Waals surface area (Å²) >= 11 is 1.81. The Labute approximate surface area is 190 Å². The molecule has 0 aliphatic carbocycles. The second-order valence-corrected chi connectivity index (χ2v) is 9.48. The third-order valence-electron chi connectivity index (χ3n) is 6.68. The van der Waals surface area contributed by atoms with Crippen LogP contribution in [-0.4, -0.2) is 50.3 Å². The fraction of sp³-hybridized carbons (Fsp3) is 0.333. The number of hydrogen-bond donors (Lipinski definition) is 0. The van der Waals surface area contributed by atoms with E-state index in [2.05, 4.69) is 60.8 Å². The van der Waals surface area contributed by atoms with Crippen LogP contribution >= 0.6 is 11.3 Å². The lowest BCUT2D eigenvalue weighted by Crippen LogP contribution is -2.46. The van der Waals surface area contributed by atoms with E-state index in [1.54, 1.807) is 10.8 Å². The molecule has 5 heterocycles. The minimum Gasteiger partial charge on any atom is -0.355 e. The minimum atomic E-state index is 0.0227. The van der Waals surface area contributed by atoms with Gasteiger partial charge in [0, 0.05) is 30.4 Å². The summed E-state index contributed by atoms with van der Waals surface area (Å²) in [4.78, 5) is 19.5. The number of aromatic nitrogens is 4. The van der Waals surface area contributed by atoms with Gasteiger partial charge in [0.1, 0.15) is 12.1 Å². The van der Waals surface area contributed by atoms with Gasteiger partial charge in [-0.05, 0) is 54.0 Å². The van der Waals surface area contributed by atoms with E-state index in [-0.39, 0.29) is 17.9 Å². The molecule has 1 aromatic carbocycles. The summed E-state index contributed by atoms with van der Waals surface area (Å²) in [5.41, 5.74) is 3.23. The molecule has 1 saturated heterocycles. The van der Waals surface area contributed by atoms with Gasteiger partial charge in [-0.1, -0.05) is 30.3 Å². The molecule has 4 aromatic rings. The lowest BCUT2D eigenvalue weighted by atomic mass is 9.89. The number of anilines is 1. The topological polar surface area (TPSA) is 66.6 Å². The number of fused-ring (bicyclic) bond motifs is 2. The second-order valence-electron chi connectivity index (χ2n) is 8.48. The molecule has 3 aromatic heterocycles. The lowest BCUT2D eigenvalue weighted by Gasteiger charge is -2.40. The van der Waals surface area contributed by atoms with E-state index in [0.717, 1.165) is 50.4 Å². The molecule has 0 bridgehead atoms. The lowest BCUT2D eigenvalue weighted by molar-refractivity contribution is -0.138. The van der Waals surface area contributed by atoms with E-state index in [9.17, 15) is 4.79 Å². The van der Waals surface area contributed by atoms with Gasteiger partial charge in [-0.25, -0.2) is 0 Å². The van der Waals surface area contributed by atoms with Crippen LogP contribution in [0.25, 0.3) is 5.65 Å². The summed E-state index contributed by atoms with van der Waals surface area (Å²) < 4.78 is 1.70. The maximum absolute atomic E-state index is 13.7. The van der Waals surface area contributed by atoms with Gasteiger partial charge in [0.25, 0.3) is 0 Å². The summed E-state index contributed by atoms with van der Waals surface area (Å²) in [6.07, 6.45) is 4.25. The number of carbonyl (C=O) groups is 1. The molecule has 1 atom stereocenters. The van der Waals surface area contributed by atoms with Crippen molar-refractivity contribution in [1.29, 1.82) is 0 Å². The van der Waals surface area contributed by atoms with Crippen LogP contribution in [0.2, 0.25) is 0 Å². The molecule has 162 valence electrons. The zero-order valence-corrected chi connectivity index (χ0v) is 18.5. The van der Waals surface area contributed by atoms with Crippen molar-refractivity contribution in [2.75, 3.05) is 24.5 Å². The molecule has 7 nitrogen and oxygen atoms in total. The van der Waals surface area contributed by atoms with Gasteiger partial charge in [0.2, 0.25) is 5.91 Å². The summed E-state index contributed by atoms with van der Waals surface area (Å²) in [5.74, 6) is 1.25.